The summed E-state index contributed by atoms with van der Waals surface area (Å²) in [6.45, 7) is 5.42. The smallest absolute Gasteiger partial charge is 0.342 e. The molecule has 0 spiro atoms. The summed E-state index contributed by atoms with van der Waals surface area (Å²) in [5, 5.41) is 6.15. The molecule has 1 N–H and O–H groups in total. The molecule has 1 amide bonds. The molecule has 2 rings (SSSR count). The Kier molecular flexibility index (Phi) is 5.35. The molecular formula is C16H18N2O5. The van der Waals surface area contributed by atoms with Gasteiger partial charge < -0.3 is 19.3 Å². The van der Waals surface area contributed by atoms with Crippen LogP contribution in [-0.4, -0.2) is 29.7 Å². The first-order chi connectivity index (χ1) is 11.0. The summed E-state index contributed by atoms with van der Waals surface area (Å²) in [4.78, 5) is 24.2. The van der Waals surface area contributed by atoms with Gasteiger partial charge in [0.1, 0.15) is 17.1 Å². The van der Waals surface area contributed by atoms with Gasteiger partial charge in [0.05, 0.1) is 6.61 Å². The highest BCUT2D eigenvalue weighted by Gasteiger charge is 2.22. The molecule has 0 radical (unpaired) electrons. The van der Waals surface area contributed by atoms with Gasteiger partial charge in [0, 0.05) is 6.07 Å². The highest BCUT2D eigenvalue weighted by molar-refractivity contribution is 5.97. The molecule has 1 atom stereocenters. The van der Waals surface area contributed by atoms with Crippen molar-refractivity contribution in [2.45, 2.75) is 26.9 Å². The lowest BCUT2D eigenvalue weighted by molar-refractivity contribution is -0.123. The summed E-state index contributed by atoms with van der Waals surface area (Å²) in [5.74, 6) is 0.119. The molecule has 0 aliphatic heterocycles. The van der Waals surface area contributed by atoms with Crippen molar-refractivity contribution in [1.29, 1.82) is 0 Å². The molecule has 122 valence electrons. The molecule has 1 aromatic heterocycles. The first kappa shape index (κ1) is 16.5. The van der Waals surface area contributed by atoms with Gasteiger partial charge in [-0.15, -0.1) is 0 Å². The average Bonchev–Trinajstić information content (AvgIpc) is 2.93. The summed E-state index contributed by atoms with van der Waals surface area (Å²) in [6, 6.07) is 8.27. The summed E-state index contributed by atoms with van der Waals surface area (Å²) < 4.78 is 15.4. The number of amides is 1. The predicted molar refractivity (Wildman–Crippen MR) is 82.4 cm³/mol. The second-order valence-corrected chi connectivity index (χ2v) is 4.79. The fourth-order valence-electron chi connectivity index (χ4n) is 1.85. The van der Waals surface area contributed by atoms with Crippen LogP contribution in [0.5, 0.6) is 5.75 Å². The van der Waals surface area contributed by atoms with Gasteiger partial charge in [-0.2, -0.15) is 0 Å². The van der Waals surface area contributed by atoms with E-state index in [9.17, 15) is 9.59 Å². The Hall–Kier alpha value is -2.83. The first-order valence-electron chi connectivity index (χ1n) is 7.18. The average molecular weight is 318 g/mol. The number of nitrogens with one attached hydrogen (secondary N) is 1. The van der Waals surface area contributed by atoms with Crippen molar-refractivity contribution < 1.29 is 23.6 Å². The number of esters is 1. The summed E-state index contributed by atoms with van der Waals surface area (Å²) in [5.41, 5.74) is 0.270. The normalized spacial score (nSPS) is 11.6. The van der Waals surface area contributed by atoms with E-state index in [1.165, 1.54) is 6.92 Å². The maximum Gasteiger partial charge on any atom is 0.342 e. The zero-order valence-electron chi connectivity index (χ0n) is 13.2. The summed E-state index contributed by atoms with van der Waals surface area (Å²) in [6.07, 6.45) is -0.991. The minimum atomic E-state index is -0.991. The van der Waals surface area contributed by atoms with E-state index in [-0.39, 0.29) is 11.4 Å². The highest BCUT2D eigenvalue weighted by Crippen LogP contribution is 2.19. The van der Waals surface area contributed by atoms with Crippen LogP contribution in [0, 0.1) is 6.92 Å². The molecule has 23 heavy (non-hydrogen) atoms. The Labute approximate surface area is 133 Å². The van der Waals surface area contributed by atoms with Gasteiger partial charge in [0.15, 0.2) is 11.9 Å². The van der Waals surface area contributed by atoms with Gasteiger partial charge in [-0.05, 0) is 32.9 Å². The van der Waals surface area contributed by atoms with Crippen molar-refractivity contribution in [2.24, 2.45) is 0 Å². The number of hydrogen-bond donors (Lipinski definition) is 1. The molecule has 0 saturated carbocycles. The largest absolute Gasteiger partial charge is 0.493 e. The van der Waals surface area contributed by atoms with Crippen molar-refractivity contribution in [3.8, 4) is 5.75 Å². The van der Waals surface area contributed by atoms with Crippen molar-refractivity contribution >= 4 is 17.7 Å². The van der Waals surface area contributed by atoms with Crippen molar-refractivity contribution in [1.82, 2.24) is 5.16 Å². The topological polar surface area (TPSA) is 90.7 Å². The molecule has 1 heterocycles. The molecule has 2 aromatic rings. The van der Waals surface area contributed by atoms with Crippen LogP contribution in [-0.2, 0) is 9.53 Å². The quantitative estimate of drug-likeness (QED) is 0.823. The lowest BCUT2D eigenvalue weighted by Crippen LogP contribution is -2.30. The number of rotatable bonds is 6. The molecule has 7 heteroatoms. The zero-order valence-corrected chi connectivity index (χ0v) is 13.2. The van der Waals surface area contributed by atoms with Crippen LogP contribution in [0.15, 0.2) is 34.9 Å². The molecule has 0 bridgehead atoms. The van der Waals surface area contributed by atoms with Gasteiger partial charge in [-0.1, -0.05) is 17.3 Å². The highest BCUT2D eigenvalue weighted by atomic mass is 16.5. The monoisotopic (exact) mass is 318 g/mol. The molecular weight excluding hydrogens is 300 g/mol. The van der Waals surface area contributed by atoms with E-state index in [1.54, 1.807) is 37.3 Å². The number of ether oxygens (including phenoxy) is 2. The van der Waals surface area contributed by atoms with E-state index in [0.717, 1.165) is 0 Å². The summed E-state index contributed by atoms with van der Waals surface area (Å²) in [7, 11) is 0. The molecule has 0 fully saturated rings. The maximum absolute atomic E-state index is 12.2. The molecule has 0 aliphatic rings. The fraction of sp³-hybridized carbons (Fsp3) is 0.312. The van der Waals surface area contributed by atoms with E-state index in [4.69, 9.17) is 14.0 Å². The van der Waals surface area contributed by atoms with E-state index in [2.05, 4.69) is 10.5 Å². The number of benzene rings is 1. The van der Waals surface area contributed by atoms with E-state index < -0.39 is 18.0 Å². The van der Waals surface area contributed by atoms with Gasteiger partial charge in [-0.3, -0.25) is 4.79 Å². The van der Waals surface area contributed by atoms with Crippen LogP contribution in [0.25, 0.3) is 0 Å². The third-order valence-corrected chi connectivity index (χ3v) is 2.94. The SMILES string of the molecule is CCOc1ccccc1C(=O)O[C@H](C)C(=O)Nc1cc(C)on1. The Morgan fingerprint density at radius 1 is 1.35 bits per heavy atom. The van der Waals surface area contributed by atoms with Crippen molar-refractivity contribution in [3.05, 3.63) is 41.7 Å². The number of aryl methyl sites for hydroxylation is 1. The Morgan fingerprint density at radius 3 is 2.74 bits per heavy atom. The van der Waals surface area contributed by atoms with Gasteiger partial charge in [0.2, 0.25) is 0 Å². The molecule has 7 nitrogen and oxygen atoms in total. The second-order valence-electron chi connectivity index (χ2n) is 4.79. The number of nitrogens with zero attached hydrogens (tertiary/aromatic N) is 1. The number of anilines is 1. The number of carbonyl (C=O) groups excluding carboxylic acids is 2. The minimum absolute atomic E-state index is 0.269. The first-order valence-corrected chi connectivity index (χ1v) is 7.18. The Morgan fingerprint density at radius 2 is 2.09 bits per heavy atom. The second kappa shape index (κ2) is 7.44. The molecule has 0 saturated heterocycles. The number of aromatic nitrogens is 1. The third kappa shape index (κ3) is 4.32. The standard InChI is InChI=1S/C16H18N2O5/c1-4-21-13-8-6-5-7-12(13)16(20)22-11(3)15(19)17-14-9-10(2)23-18-14/h5-9,11H,4H2,1-3H3,(H,17,18,19)/t11-/m1/s1. The van der Waals surface area contributed by atoms with Crippen LogP contribution in [0.2, 0.25) is 0 Å². The van der Waals surface area contributed by atoms with Gasteiger partial charge in [0.25, 0.3) is 5.91 Å². The predicted octanol–water partition coefficient (Wildman–Crippen LogP) is 2.57. The van der Waals surface area contributed by atoms with E-state index >= 15 is 0 Å². The van der Waals surface area contributed by atoms with Crippen molar-refractivity contribution in [3.63, 3.8) is 0 Å². The Bertz CT molecular complexity index is 695. The third-order valence-electron chi connectivity index (χ3n) is 2.94. The van der Waals surface area contributed by atoms with Crippen LogP contribution >= 0.6 is 0 Å². The lowest BCUT2D eigenvalue weighted by atomic mass is 10.2. The molecule has 1 aromatic carbocycles. The van der Waals surface area contributed by atoms with Crippen molar-refractivity contribution in [2.75, 3.05) is 11.9 Å². The number of hydrogen-bond acceptors (Lipinski definition) is 6. The number of para-hydroxylation sites is 1. The van der Waals surface area contributed by atoms with Crippen LogP contribution < -0.4 is 10.1 Å². The minimum Gasteiger partial charge on any atom is -0.493 e. The number of carbonyl (C=O) groups is 2. The van der Waals surface area contributed by atoms with E-state index in [1.807, 2.05) is 6.92 Å². The van der Waals surface area contributed by atoms with Crippen LogP contribution in [0.1, 0.15) is 30.0 Å². The van der Waals surface area contributed by atoms with Crippen LogP contribution in [0.3, 0.4) is 0 Å². The van der Waals surface area contributed by atoms with E-state index in [0.29, 0.717) is 18.1 Å². The fourth-order valence-corrected chi connectivity index (χ4v) is 1.85. The molecule has 0 unspecified atom stereocenters. The summed E-state index contributed by atoms with van der Waals surface area (Å²) >= 11 is 0. The van der Waals surface area contributed by atoms with Gasteiger partial charge in [-0.25, -0.2) is 4.79 Å². The lowest BCUT2D eigenvalue weighted by Gasteiger charge is -2.14. The van der Waals surface area contributed by atoms with Crippen LogP contribution in [0.4, 0.5) is 5.82 Å². The Balaban J connectivity index is 2.00. The maximum atomic E-state index is 12.2. The zero-order chi connectivity index (χ0) is 16.8. The molecule has 0 aliphatic carbocycles. The van der Waals surface area contributed by atoms with Gasteiger partial charge >= 0.3 is 5.97 Å².